The molecule has 2 unspecified atom stereocenters. The average Bonchev–Trinajstić information content (AvgIpc) is 2.30. The number of aliphatic hydroxyl groups excluding tert-OH is 1. The molecule has 0 aromatic heterocycles. The molecule has 5 nitrogen and oxygen atoms in total. The second kappa shape index (κ2) is 5.62. The molecule has 1 aliphatic heterocycles. The zero-order chi connectivity index (χ0) is 12.2. The predicted octanol–water partition coefficient (Wildman–Crippen LogP) is 0.465. The van der Waals surface area contributed by atoms with Crippen molar-refractivity contribution in [3.05, 3.63) is 0 Å². The highest BCUT2D eigenvalue weighted by Crippen LogP contribution is 2.23. The minimum absolute atomic E-state index is 0.166. The Morgan fingerprint density at radius 1 is 1.56 bits per heavy atom. The highest BCUT2D eigenvalue weighted by molar-refractivity contribution is 7.90. The first-order chi connectivity index (χ1) is 7.57. The molecule has 16 heavy (non-hydrogen) atoms. The van der Waals surface area contributed by atoms with Crippen LogP contribution in [0.15, 0.2) is 0 Å². The maximum Gasteiger partial charge on any atom is 0.230 e. The van der Waals surface area contributed by atoms with Crippen molar-refractivity contribution in [2.24, 2.45) is 0 Å². The summed E-state index contributed by atoms with van der Waals surface area (Å²) < 4.78 is 25.5. The van der Waals surface area contributed by atoms with Crippen molar-refractivity contribution in [1.82, 2.24) is 4.31 Å². The molecule has 1 N–H and O–H groups in total. The van der Waals surface area contributed by atoms with E-state index in [0.29, 0.717) is 13.0 Å². The normalized spacial score (nSPS) is 24.9. The topological polar surface area (TPSA) is 81.4 Å². The molecule has 1 aliphatic rings. The molecule has 0 aromatic carbocycles. The molecule has 92 valence electrons. The molecule has 1 saturated heterocycles. The summed E-state index contributed by atoms with van der Waals surface area (Å²) in [6, 6.07) is 1.48. The Labute approximate surface area is 96.7 Å². The molecule has 1 rings (SSSR count). The minimum Gasteiger partial charge on any atom is -0.395 e. The van der Waals surface area contributed by atoms with E-state index in [4.69, 9.17) is 10.4 Å². The second-order valence-corrected chi connectivity index (χ2v) is 6.08. The summed E-state index contributed by atoms with van der Waals surface area (Å²) in [7, 11) is -3.57. The van der Waals surface area contributed by atoms with Gasteiger partial charge in [-0.1, -0.05) is 13.3 Å². The quantitative estimate of drug-likeness (QED) is 0.781. The molecule has 0 aliphatic carbocycles. The van der Waals surface area contributed by atoms with Crippen molar-refractivity contribution in [3.8, 4) is 6.07 Å². The number of nitrogens with zero attached hydrogens (tertiary/aromatic N) is 2. The molecule has 0 spiro atoms. The molecular weight excluding hydrogens is 228 g/mol. The van der Waals surface area contributed by atoms with E-state index in [9.17, 15) is 8.42 Å². The van der Waals surface area contributed by atoms with Crippen LogP contribution in [0.4, 0.5) is 0 Å². The fourth-order valence-electron chi connectivity index (χ4n) is 2.02. The van der Waals surface area contributed by atoms with Crippen LogP contribution in [0.5, 0.6) is 0 Å². The highest BCUT2D eigenvalue weighted by atomic mass is 32.2. The summed E-state index contributed by atoms with van der Waals surface area (Å²) in [5.74, 6) is 0. The predicted molar refractivity (Wildman–Crippen MR) is 60.0 cm³/mol. The van der Waals surface area contributed by atoms with Crippen molar-refractivity contribution in [2.45, 2.75) is 43.9 Å². The fourth-order valence-corrected chi connectivity index (χ4v) is 3.88. The van der Waals surface area contributed by atoms with E-state index in [2.05, 4.69) is 0 Å². The van der Waals surface area contributed by atoms with Gasteiger partial charge in [0.05, 0.1) is 12.7 Å². The molecule has 1 fully saturated rings. The first-order valence-electron chi connectivity index (χ1n) is 5.59. The summed E-state index contributed by atoms with van der Waals surface area (Å²) >= 11 is 0. The summed E-state index contributed by atoms with van der Waals surface area (Å²) in [6.07, 6.45) is 2.70. The van der Waals surface area contributed by atoms with Gasteiger partial charge >= 0.3 is 0 Å². The third-order valence-corrected chi connectivity index (χ3v) is 5.28. The number of rotatable bonds is 4. The van der Waals surface area contributed by atoms with Crippen LogP contribution in [-0.2, 0) is 10.0 Å². The van der Waals surface area contributed by atoms with E-state index >= 15 is 0 Å². The number of nitriles is 1. The Morgan fingerprint density at radius 2 is 2.25 bits per heavy atom. The van der Waals surface area contributed by atoms with Gasteiger partial charge in [0.25, 0.3) is 0 Å². The number of sulfonamides is 1. The van der Waals surface area contributed by atoms with Crippen LogP contribution in [0.3, 0.4) is 0 Å². The highest BCUT2D eigenvalue weighted by Gasteiger charge is 2.36. The smallest absolute Gasteiger partial charge is 0.230 e. The van der Waals surface area contributed by atoms with Gasteiger partial charge in [-0.25, -0.2) is 8.42 Å². The molecule has 0 amide bonds. The molecule has 0 radical (unpaired) electrons. The van der Waals surface area contributed by atoms with Gasteiger partial charge in [0.2, 0.25) is 10.0 Å². The lowest BCUT2D eigenvalue weighted by Crippen LogP contribution is -2.48. The van der Waals surface area contributed by atoms with Crippen LogP contribution in [0.25, 0.3) is 0 Å². The molecule has 0 saturated carbocycles. The number of hydrogen-bond donors (Lipinski definition) is 1. The first kappa shape index (κ1) is 13.4. The molecule has 2 atom stereocenters. The van der Waals surface area contributed by atoms with E-state index in [0.717, 1.165) is 12.8 Å². The molecular formula is C10H18N2O3S. The van der Waals surface area contributed by atoms with Gasteiger partial charge in [0.15, 0.2) is 5.25 Å². The lowest BCUT2D eigenvalue weighted by molar-refractivity contribution is 0.154. The van der Waals surface area contributed by atoms with Crippen LogP contribution >= 0.6 is 0 Å². The Hall–Kier alpha value is -0.640. The maximum atomic E-state index is 12.1. The third-order valence-electron chi connectivity index (χ3n) is 2.99. The van der Waals surface area contributed by atoms with Gasteiger partial charge in [-0.3, -0.25) is 0 Å². The summed E-state index contributed by atoms with van der Waals surface area (Å²) in [5, 5.41) is 17.0. The van der Waals surface area contributed by atoms with E-state index in [1.807, 2.05) is 6.07 Å². The van der Waals surface area contributed by atoms with Gasteiger partial charge in [0, 0.05) is 12.6 Å². The average molecular weight is 246 g/mol. The van der Waals surface area contributed by atoms with Gasteiger partial charge in [-0.05, 0) is 19.3 Å². The van der Waals surface area contributed by atoms with Crippen molar-refractivity contribution in [3.63, 3.8) is 0 Å². The van der Waals surface area contributed by atoms with Crippen LogP contribution in [-0.4, -0.2) is 42.3 Å². The second-order valence-electron chi connectivity index (χ2n) is 4.01. The van der Waals surface area contributed by atoms with Gasteiger partial charge < -0.3 is 5.11 Å². The lowest BCUT2D eigenvalue weighted by Gasteiger charge is -2.34. The minimum atomic E-state index is -3.57. The van der Waals surface area contributed by atoms with Gasteiger partial charge in [0.1, 0.15) is 0 Å². The standard InChI is InChI=1S/C10H18N2O3S/c1-2-10(7-11)16(14,15)12-6-4-3-5-9(12)8-13/h9-10,13H,2-6,8H2,1H3. The zero-order valence-corrected chi connectivity index (χ0v) is 10.3. The number of piperidine rings is 1. The summed E-state index contributed by atoms with van der Waals surface area (Å²) in [4.78, 5) is 0. The van der Waals surface area contributed by atoms with E-state index < -0.39 is 15.3 Å². The largest absolute Gasteiger partial charge is 0.395 e. The van der Waals surface area contributed by atoms with Crippen molar-refractivity contribution in [2.75, 3.05) is 13.2 Å². The van der Waals surface area contributed by atoms with E-state index in [1.165, 1.54) is 4.31 Å². The van der Waals surface area contributed by atoms with E-state index in [1.54, 1.807) is 6.92 Å². The van der Waals surface area contributed by atoms with Gasteiger partial charge in [-0.2, -0.15) is 9.57 Å². The Balaban J connectivity index is 2.93. The van der Waals surface area contributed by atoms with Crippen LogP contribution in [0.2, 0.25) is 0 Å². The van der Waals surface area contributed by atoms with Crippen LogP contribution in [0.1, 0.15) is 32.6 Å². The fraction of sp³-hybridized carbons (Fsp3) is 0.900. The van der Waals surface area contributed by atoms with Crippen LogP contribution in [0, 0.1) is 11.3 Å². The Bertz CT molecular complexity index is 361. The maximum absolute atomic E-state index is 12.1. The number of hydrogen-bond acceptors (Lipinski definition) is 4. The summed E-state index contributed by atoms with van der Waals surface area (Å²) in [6.45, 7) is 1.94. The van der Waals surface area contributed by atoms with E-state index in [-0.39, 0.29) is 19.1 Å². The lowest BCUT2D eigenvalue weighted by atomic mass is 10.1. The van der Waals surface area contributed by atoms with Crippen molar-refractivity contribution in [1.29, 1.82) is 5.26 Å². The molecule has 1 heterocycles. The van der Waals surface area contributed by atoms with Gasteiger partial charge in [-0.15, -0.1) is 0 Å². The number of aliphatic hydroxyl groups is 1. The van der Waals surface area contributed by atoms with Crippen LogP contribution < -0.4 is 0 Å². The molecule has 0 aromatic rings. The molecule has 0 bridgehead atoms. The zero-order valence-electron chi connectivity index (χ0n) is 9.46. The molecule has 6 heteroatoms. The van der Waals surface area contributed by atoms with Crippen molar-refractivity contribution >= 4 is 10.0 Å². The Morgan fingerprint density at radius 3 is 2.75 bits per heavy atom. The Kier molecular flexibility index (Phi) is 4.71. The first-order valence-corrected chi connectivity index (χ1v) is 7.09. The third kappa shape index (κ3) is 2.54. The summed E-state index contributed by atoms with van der Waals surface area (Å²) in [5.41, 5.74) is 0. The SMILES string of the molecule is CCC(C#N)S(=O)(=O)N1CCCCC1CO. The van der Waals surface area contributed by atoms with Crippen molar-refractivity contribution < 1.29 is 13.5 Å². The monoisotopic (exact) mass is 246 g/mol.